The quantitative estimate of drug-likeness (QED) is 0.921. The van der Waals surface area contributed by atoms with Crippen molar-refractivity contribution >= 4 is 17.6 Å². The molecule has 0 radical (unpaired) electrons. The molecule has 1 atom stereocenters. The Bertz CT molecular complexity index is 579. The molecule has 2 aliphatic heterocycles. The summed E-state index contributed by atoms with van der Waals surface area (Å²) in [7, 11) is 0. The number of carbonyl (C=O) groups is 2. The first-order valence-electron chi connectivity index (χ1n) is 7.53. The molecule has 0 saturated carbocycles. The molecule has 2 heterocycles. The van der Waals surface area contributed by atoms with Crippen molar-refractivity contribution in [3.05, 3.63) is 29.3 Å². The van der Waals surface area contributed by atoms with Gasteiger partial charge in [0.15, 0.2) is 0 Å². The first kappa shape index (κ1) is 13.9. The van der Waals surface area contributed by atoms with E-state index >= 15 is 0 Å². The first-order chi connectivity index (χ1) is 10.1. The lowest BCUT2D eigenvalue weighted by Gasteiger charge is -2.22. The zero-order chi connectivity index (χ0) is 15.0. The monoisotopic (exact) mass is 288 g/mol. The van der Waals surface area contributed by atoms with Gasteiger partial charge in [0.25, 0.3) is 5.91 Å². The summed E-state index contributed by atoms with van der Waals surface area (Å²) in [6.45, 7) is 4.26. The summed E-state index contributed by atoms with van der Waals surface area (Å²) in [5.41, 5.74) is 2.67. The van der Waals surface area contributed by atoms with E-state index in [1.807, 2.05) is 18.2 Å². The molecule has 1 aromatic carbocycles. The van der Waals surface area contributed by atoms with E-state index in [1.165, 1.54) is 17.7 Å². The molecular weight excluding hydrogens is 268 g/mol. The minimum absolute atomic E-state index is 0.153. The van der Waals surface area contributed by atoms with E-state index in [0.717, 1.165) is 24.3 Å². The van der Waals surface area contributed by atoms with E-state index < -0.39 is 12.0 Å². The van der Waals surface area contributed by atoms with Crippen LogP contribution in [0.5, 0.6) is 0 Å². The fourth-order valence-electron chi connectivity index (χ4n) is 3.26. The summed E-state index contributed by atoms with van der Waals surface area (Å²) in [6.07, 6.45) is 2.80. The van der Waals surface area contributed by atoms with Crippen LogP contribution >= 0.6 is 0 Å². The van der Waals surface area contributed by atoms with E-state index in [9.17, 15) is 14.7 Å². The maximum atomic E-state index is 12.5. The lowest BCUT2D eigenvalue weighted by atomic mass is 10.1. The molecule has 0 spiro atoms. The van der Waals surface area contributed by atoms with Gasteiger partial charge in [0.05, 0.1) is 0 Å². The van der Waals surface area contributed by atoms with Crippen LogP contribution in [0, 0.1) is 0 Å². The predicted molar refractivity (Wildman–Crippen MR) is 79.5 cm³/mol. The van der Waals surface area contributed by atoms with Crippen molar-refractivity contribution in [1.82, 2.24) is 4.90 Å². The molecule has 5 heteroatoms. The molecule has 21 heavy (non-hydrogen) atoms. The van der Waals surface area contributed by atoms with E-state index in [2.05, 4.69) is 4.90 Å². The van der Waals surface area contributed by atoms with Crippen LogP contribution in [-0.4, -0.2) is 41.0 Å². The van der Waals surface area contributed by atoms with E-state index in [0.29, 0.717) is 18.5 Å². The van der Waals surface area contributed by atoms with Crippen molar-refractivity contribution in [3.8, 4) is 0 Å². The van der Waals surface area contributed by atoms with E-state index in [4.69, 9.17) is 0 Å². The summed E-state index contributed by atoms with van der Waals surface area (Å²) in [4.78, 5) is 27.6. The third-order valence-corrected chi connectivity index (χ3v) is 4.44. The van der Waals surface area contributed by atoms with Crippen molar-refractivity contribution in [1.29, 1.82) is 0 Å². The molecule has 0 aromatic heterocycles. The lowest BCUT2D eigenvalue weighted by Crippen LogP contribution is -2.40. The minimum Gasteiger partial charge on any atom is -0.480 e. The van der Waals surface area contributed by atoms with Crippen molar-refractivity contribution in [2.45, 2.75) is 38.8 Å². The zero-order valence-electron chi connectivity index (χ0n) is 12.2. The number of hydrogen-bond donors (Lipinski definition) is 1. The summed E-state index contributed by atoms with van der Waals surface area (Å²) >= 11 is 0. The molecule has 3 rings (SSSR count). The Balaban J connectivity index is 1.87. The molecular formula is C16H20N2O3. The van der Waals surface area contributed by atoms with Crippen molar-refractivity contribution in [3.63, 3.8) is 0 Å². The summed E-state index contributed by atoms with van der Waals surface area (Å²) in [6, 6.07) is 5.20. The summed E-state index contributed by atoms with van der Waals surface area (Å²) in [5.74, 6) is -1.08. The highest BCUT2D eigenvalue weighted by Crippen LogP contribution is 2.30. The van der Waals surface area contributed by atoms with Crippen LogP contribution in [0.4, 0.5) is 5.69 Å². The van der Waals surface area contributed by atoms with Gasteiger partial charge in [-0.05, 0) is 37.0 Å². The van der Waals surface area contributed by atoms with Crippen LogP contribution in [0.25, 0.3) is 0 Å². The molecule has 0 aliphatic carbocycles. The molecule has 5 nitrogen and oxygen atoms in total. The van der Waals surface area contributed by atoms with E-state index in [1.54, 1.807) is 6.92 Å². The van der Waals surface area contributed by atoms with Gasteiger partial charge < -0.3 is 14.9 Å². The van der Waals surface area contributed by atoms with Gasteiger partial charge in [-0.15, -0.1) is 0 Å². The topological polar surface area (TPSA) is 60.9 Å². The number of aliphatic carboxylic acids is 1. The maximum Gasteiger partial charge on any atom is 0.326 e. The molecule has 1 N–H and O–H groups in total. The average molecular weight is 288 g/mol. The molecule has 1 fully saturated rings. The third kappa shape index (κ3) is 2.37. The van der Waals surface area contributed by atoms with Crippen LogP contribution in [0.2, 0.25) is 0 Å². The van der Waals surface area contributed by atoms with Gasteiger partial charge in [-0.3, -0.25) is 4.79 Å². The second-order valence-corrected chi connectivity index (χ2v) is 5.73. The van der Waals surface area contributed by atoms with Crippen LogP contribution in [0.1, 0.15) is 42.1 Å². The fraction of sp³-hybridized carbons (Fsp3) is 0.500. The smallest absolute Gasteiger partial charge is 0.326 e. The maximum absolute atomic E-state index is 12.5. The summed E-state index contributed by atoms with van der Waals surface area (Å²) < 4.78 is 0. The van der Waals surface area contributed by atoms with Crippen LogP contribution in [-0.2, 0) is 11.3 Å². The number of carbonyl (C=O) groups excluding carboxylic acids is 1. The predicted octanol–water partition coefficient (Wildman–Crippen LogP) is 2.11. The number of amides is 1. The highest BCUT2D eigenvalue weighted by Gasteiger charge is 2.35. The molecule has 1 aromatic rings. The number of anilines is 1. The zero-order valence-corrected chi connectivity index (χ0v) is 12.2. The SMILES string of the molecule is CC[C@@H](C(=O)O)N1Cc2ccc(N3CCCC3)cc2C1=O. The number of nitrogens with zero attached hydrogens (tertiary/aromatic N) is 2. The Morgan fingerprint density at radius 1 is 1.33 bits per heavy atom. The van der Waals surface area contributed by atoms with Gasteiger partial charge in [-0.25, -0.2) is 4.79 Å². The molecule has 1 saturated heterocycles. The highest BCUT2D eigenvalue weighted by molar-refractivity contribution is 6.01. The van der Waals surface area contributed by atoms with Crippen LogP contribution in [0.15, 0.2) is 18.2 Å². The van der Waals surface area contributed by atoms with Gasteiger partial charge in [0, 0.05) is 30.9 Å². The number of carboxylic acid groups (broad SMARTS) is 1. The molecule has 112 valence electrons. The highest BCUT2D eigenvalue weighted by atomic mass is 16.4. The normalized spacial score (nSPS) is 19.0. The first-order valence-corrected chi connectivity index (χ1v) is 7.53. The molecule has 0 bridgehead atoms. The fourth-order valence-corrected chi connectivity index (χ4v) is 3.26. The largest absolute Gasteiger partial charge is 0.480 e. The Labute approximate surface area is 124 Å². The Morgan fingerprint density at radius 2 is 2.05 bits per heavy atom. The molecule has 2 aliphatic rings. The van der Waals surface area contributed by atoms with Gasteiger partial charge in [0.2, 0.25) is 0 Å². The van der Waals surface area contributed by atoms with Crippen LogP contribution in [0.3, 0.4) is 0 Å². The van der Waals surface area contributed by atoms with Gasteiger partial charge in [-0.2, -0.15) is 0 Å². The van der Waals surface area contributed by atoms with Crippen molar-refractivity contribution < 1.29 is 14.7 Å². The van der Waals surface area contributed by atoms with Crippen molar-refractivity contribution in [2.75, 3.05) is 18.0 Å². The Morgan fingerprint density at radius 3 is 2.67 bits per heavy atom. The Hall–Kier alpha value is -2.04. The Kier molecular flexibility index (Phi) is 3.57. The second kappa shape index (κ2) is 5.39. The standard InChI is InChI=1S/C16H20N2O3/c1-2-14(16(20)21)18-10-11-5-6-12(9-13(11)15(18)19)17-7-3-4-8-17/h5-6,9,14H,2-4,7-8,10H2,1H3,(H,20,21)/t14-/m0/s1. The molecule has 0 unspecified atom stereocenters. The second-order valence-electron chi connectivity index (χ2n) is 5.73. The number of rotatable bonds is 4. The van der Waals surface area contributed by atoms with Gasteiger partial charge >= 0.3 is 5.97 Å². The van der Waals surface area contributed by atoms with Gasteiger partial charge in [0.1, 0.15) is 6.04 Å². The van der Waals surface area contributed by atoms with Gasteiger partial charge in [-0.1, -0.05) is 13.0 Å². The third-order valence-electron chi connectivity index (χ3n) is 4.44. The number of fused-ring (bicyclic) bond motifs is 1. The summed E-state index contributed by atoms with van der Waals surface area (Å²) in [5, 5.41) is 9.26. The van der Waals surface area contributed by atoms with Crippen LogP contribution < -0.4 is 4.90 Å². The minimum atomic E-state index is -0.932. The number of carboxylic acids is 1. The number of benzene rings is 1. The lowest BCUT2D eigenvalue weighted by molar-refractivity contribution is -0.142. The number of hydrogen-bond acceptors (Lipinski definition) is 3. The van der Waals surface area contributed by atoms with Crippen molar-refractivity contribution in [2.24, 2.45) is 0 Å². The molecule has 1 amide bonds. The van der Waals surface area contributed by atoms with E-state index in [-0.39, 0.29) is 5.91 Å². The average Bonchev–Trinajstić information content (AvgIpc) is 3.09.